The molecule has 1 N–H and O–H groups in total. The highest BCUT2D eigenvalue weighted by atomic mass is 16.2. The van der Waals surface area contributed by atoms with E-state index in [1.54, 1.807) is 24.3 Å². The molecule has 4 nitrogen and oxygen atoms in total. The van der Waals surface area contributed by atoms with E-state index in [-0.39, 0.29) is 11.8 Å². The van der Waals surface area contributed by atoms with E-state index < -0.39 is 0 Å². The Bertz CT molecular complexity index is 693. The quantitative estimate of drug-likeness (QED) is 0.547. The summed E-state index contributed by atoms with van der Waals surface area (Å²) in [5, 5.41) is 3.40. The summed E-state index contributed by atoms with van der Waals surface area (Å²) in [5.74, 6) is -0.291. The molecule has 1 heterocycles. The second-order valence-corrected chi connectivity index (χ2v) is 6.37. The molecule has 0 bridgehead atoms. The summed E-state index contributed by atoms with van der Waals surface area (Å²) in [6.07, 6.45) is 5.32. The molecule has 1 aliphatic heterocycles. The van der Waals surface area contributed by atoms with Gasteiger partial charge in [-0.3, -0.25) is 14.5 Å². The Morgan fingerprint density at radius 2 is 1.24 bits per heavy atom. The normalized spacial score (nSPS) is 13.2. The molecule has 2 amide bonds. The molecule has 2 aromatic rings. The van der Waals surface area contributed by atoms with Crippen LogP contribution in [0.5, 0.6) is 0 Å². The molecule has 1 aliphatic rings. The van der Waals surface area contributed by atoms with Crippen LogP contribution in [0.4, 0.5) is 5.69 Å². The minimum absolute atomic E-state index is 0.146. The first-order valence-electron chi connectivity index (χ1n) is 9.01. The van der Waals surface area contributed by atoms with E-state index >= 15 is 0 Å². The fourth-order valence-electron chi connectivity index (χ4n) is 3.16. The summed E-state index contributed by atoms with van der Waals surface area (Å²) in [7, 11) is 0. The highest BCUT2D eigenvalue weighted by Gasteiger charge is 2.34. The van der Waals surface area contributed by atoms with Gasteiger partial charge in [0.25, 0.3) is 11.8 Å². The Labute approximate surface area is 148 Å². The van der Waals surface area contributed by atoms with Gasteiger partial charge in [0.1, 0.15) is 0 Å². The average Bonchev–Trinajstić information content (AvgIpc) is 2.90. The van der Waals surface area contributed by atoms with E-state index in [1.807, 2.05) is 18.2 Å². The van der Waals surface area contributed by atoms with Gasteiger partial charge in [-0.2, -0.15) is 0 Å². The van der Waals surface area contributed by atoms with Crippen LogP contribution in [-0.2, 0) is 0 Å². The maximum atomic E-state index is 12.2. The van der Waals surface area contributed by atoms with Crippen molar-refractivity contribution in [3.63, 3.8) is 0 Å². The van der Waals surface area contributed by atoms with Gasteiger partial charge in [0.15, 0.2) is 0 Å². The van der Waals surface area contributed by atoms with E-state index in [0.717, 1.165) is 44.3 Å². The fraction of sp³-hybridized carbons (Fsp3) is 0.333. The third-order valence-corrected chi connectivity index (χ3v) is 4.54. The number of benzene rings is 2. The molecular weight excluding hydrogens is 312 g/mol. The SMILES string of the molecule is O=C1c2ccccc2C(=O)N1CCCCCCCNc1ccccc1. The Hall–Kier alpha value is -2.62. The van der Waals surface area contributed by atoms with Crippen LogP contribution in [0, 0.1) is 0 Å². The van der Waals surface area contributed by atoms with Gasteiger partial charge < -0.3 is 5.32 Å². The number of para-hydroxylation sites is 1. The number of amides is 2. The first kappa shape index (κ1) is 17.2. The second-order valence-electron chi connectivity index (χ2n) is 6.37. The van der Waals surface area contributed by atoms with E-state index in [0.29, 0.717) is 17.7 Å². The van der Waals surface area contributed by atoms with E-state index in [9.17, 15) is 9.59 Å². The monoisotopic (exact) mass is 336 g/mol. The molecule has 4 heteroatoms. The van der Waals surface area contributed by atoms with Crippen molar-refractivity contribution in [2.24, 2.45) is 0 Å². The molecule has 0 fully saturated rings. The van der Waals surface area contributed by atoms with Crippen LogP contribution in [0.15, 0.2) is 54.6 Å². The predicted molar refractivity (Wildman–Crippen MR) is 99.8 cm³/mol. The lowest BCUT2D eigenvalue weighted by Gasteiger charge is -2.13. The Balaban J connectivity index is 1.29. The maximum absolute atomic E-state index is 12.2. The zero-order chi connectivity index (χ0) is 17.5. The largest absolute Gasteiger partial charge is 0.385 e. The van der Waals surface area contributed by atoms with Crippen molar-refractivity contribution < 1.29 is 9.59 Å². The first-order valence-corrected chi connectivity index (χ1v) is 9.01. The van der Waals surface area contributed by atoms with Gasteiger partial charge in [0.05, 0.1) is 11.1 Å². The molecule has 2 aromatic carbocycles. The van der Waals surface area contributed by atoms with Crippen LogP contribution in [-0.4, -0.2) is 29.8 Å². The maximum Gasteiger partial charge on any atom is 0.261 e. The molecule has 0 aromatic heterocycles. The van der Waals surface area contributed by atoms with Gasteiger partial charge in [-0.15, -0.1) is 0 Å². The van der Waals surface area contributed by atoms with E-state index in [1.165, 1.54) is 4.90 Å². The number of carbonyl (C=O) groups excluding carboxylic acids is 2. The number of hydrogen-bond donors (Lipinski definition) is 1. The summed E-state index contributed by atoms with van der Waals surface area (Å²) in [4.78, 5) is 25.9. The fourth-order valence-corrected chi connectivity index (χ4v) is 3.16. The van der Waals surface area contributed by atoms with Crippen LogP contribution in [0.25, 0.3) is 0 Å². The standard InChI is InChI=1S/C21H24N2O2/c24-20-18-13-7-8-14-19(18)21(25)23(20)16-10-3-1-2-9-15-22-17-11-5-4-6-12-17/h4-8,11-14,22H,1-3,9-10,15-16H2. The van der Waals surface area contributed by atoms with Crippen molar-refractivity contribution in [1.29, 1.82) is 0 Å². The van der Waals surface area contributed by atoms with Crippen molar-refractivity contribution in [2.75, 3.05) is 18.4 Å². The number of nitrogens with one attached hydrogen (secondary N) is 1. The van der Waals surface area contributed by atoms with E-state index in [4.69, 9.17) is 0 Å². The number of nitrogens with zero attached hydrogens (tertiary/aromatic N) is 1. The molecule has 0 aliphatic carbocycles. The predicted octanol–water partition coefficient (Wildman–Crippen LogP) is 4.35. The molecule has 0 unspecified atom stereocenters. The van der Waals surface area contributed by atoms with Crippen molar-refractivity contribution in [2.45, 2.75) is 32.1 Å². The number of rotatable bonds is 9. The Morgan fingerprint density at radius 1 is 0.680 bits per heavy atom. The molecule has 0 atom stereocenters. The van der Waals surface area contributed by atoms with Crippen molar-refractivity contribution in [3.8, 4) is 0 Å². The first-order chi connectivity index (χ1) is 12.3. The lowest BCUT2D eigenvalue weighted by Crippen LogP contribution is -2.30. The van der Waals surface area contributed by atoms with Crippen LogP contribution >= 0.6 is 0 Å². The van der Waals surface area contributed by atoms with Crippen molar-refractivity contribution in [1.82, 2.24) is 4.90 Å². The second kappa shape index (κ2) is 8.47. The summed E-state index contributed by atoms with van der Waals surface area (Å²) < 4.78 is 0. The zero-order valence-electron chi connectivity index (χ0n) is 14.4. The molecule has 3 rings (SSSR count). The summed E-state index contributed by atoms with van der Waals surface area (Å²) in [5.41, 5.74) is 2.24. The van der Waals surface area contributed by atoms with Crippen LogP contribution < -0.4 is 5.32 Å². The van der Waals surface area contributed by atoms with Crippen LogP contribution in [0.3, 0.4) is 0 Å². The van der Waals surface area contributed by atoms with Crippen molar-refractivity contribution >= 4 is 17.5 Å². The molecule has 0 radical (unpaired) electrons. The Kier molecular flexibility index (Phi) is 5.83. The third kappa shape index (κ3) is 4.27. The van der Waals surface area contributed by atoms with Gasteiger partial charge in [0.2, 0.25) is 0 Å². The van der Waals surface area contributed by atoms with Gasteiger partial charge in [0, 0.05) is 18.8 Å². The minimum atomic E-state index is -0.146. The highest BCUT2D eigenvalue weighted by Crippen LogP contribution is 2.22. The summed E-state index contributed by atoms with van der Waals surface area (Å²) in [6.45, 7) is 1.50. The van der Waals surface area contributed by atoms with Crippen LogP contribution in [0.2, 0.25) is 0 Å². The molecule has 0 saturated carbocycles. The summed E-state index contributed by atoms with van der Waals surface area (Å²) >= 11 is 0. The summed E-state index contributed by atoms with van der Waals surface area (Å²) in [6, 6.07) is 17.3. The Morgan fingerprint density at radius 3 is 1.92 bits per heavy atom. The lowest BCUT2D eigenvalue weighted by atomic mass is 10.1. The average molecular weight is 336 g/mol. The van der Waals surface area contributed by atoms with Crippen molar-refractivity contribution in [3.05, 3.63) is 65.7 Å². The molecular formula is C21H24N2O2. The van der Waals surface area contributed by atoms with Gasteiger partial charge in [-0.05, 0) is 37.1 Å². The number of fused-ring (bicyclic) bond motifs is 1. The number of unbranched alkanes of at least 4 members (excludes halogenated alkanes) is 4. The zero-order valence-corrected chi connectivity index (χ0v) is 14.4. The topological polar surface area (TPSA) is 49.4 Å². The molecule has 0 spiro atoms. The number of anilines is 1. The number of carbonyl (C=O) groups is 2. The molecule has 25 heavy (non-hydrogen) atoms. The highest BCUT2D eigenvalue weighted by molar-refractivity contribution is 6.21. The van der Waals surface area contributed by atoms with Gasteiger partial charge in [-0.25, -0.2) is 0 Å². The number of imide groups is 1. The molecule has 130 valence electrons. The third-order valence-electron chi connectivity index (χ3n) is 4.54. The number of hydrogen-bond acceptors (Lipinski definition) is 3. The molecule has 0 saturated heterocycles. The smallest absolute Gasteiger partial charge is 0.261 e. The van der Waals surface area contributed by atoms with E-state index in [2.05, 4.69) is 17.4 Å². The van der Waals surface area contributed by atoms with Gasteiger partial charge in [-0.1, -0.05) is 49.6 Å². The van der Waals surface area contributed by atoms with Gasteiger partial charge >= 0.3 is 0 Å². The minimum Gasteiger partial charge on any atom is -0.385 e. The lowest BCUT2D eigenvalue weighted by molar-refractivity contribution is 0.0651. The van der Waals surface area contributed by atoms with Crippen LogP contribution in [0.1, 0.15) is 52.8 Å².